The molecule has 0 aliphatic heterocycles. The Labute approximate surface area is 97.8 Å². The van der Waals surface area contributed by atoms with E-state index in [-0.39, 0.29) is 12.4 Å². The molecule has 90 valence electrons. The molecule has 0 spiro atoms. The fourth-order valence-electron chi connectivity index (χ4n) is 1.03. The summed E-state index contributed by atoms with van der Waals surface area (Å²) in [5.74, 6) is 0.708. The van der Waals surface area contributed by atoms with Crippen LogP contribution in [-0.4, -0.2) is 44.7 Å². The number of carbonyl (C=O) groups is 1. The SMILES string of the molecule is CCOC(=O)CC(O)CSc1n[nH]c(C)n1. The molecule has 1 heterocycles. The van der Waals surface area contributed by atoms with Gasteiger partial charge >= 0.3 is 5.97 Å². The number of nitrogens with one attached hydrogen (secondary N) is 1. The predicted molar refractivity (Wildman–Crippen MR) is 59.1 cm³/mol. The number of ether oxygens (including phenoxy) is 1. The van der Waals surface area contributed by atoms with Crippen molar-refractivity contribution in [1.82, 2.24) is 15.2 Å². The Bertz CT molecular complexity index is 342. The van der Waals surface area contributed by atoms with Gasteiger partial charge in [-0.2, -0.15) is 0 Å². The molecule has 0 amide bonds. The van der Waals surface area contributed by atoms with Crippen molar-refractivity contribution in [2.75, 3.05) is 12.4 Å². The predicted octanol–water partition coefficient (Wildman–Crippen LogP) is 0.519. The second-order valence-electron chi connectivity index (χ2n) is 3.18. The fourth-order valence-corrected chi connectivity index (χ4v) is 1.80. The number of aliphatic hydroxyl groups is 1. The fraction of sp³-hybridized carbons (Fsp3) is 0.667. The van der Waals surface area contributed by atoms with Gasteiger partial charge in [-0.05, 0) is 13.8 Å². The van der Waals surface area contributed by atoms with Crippen LogP contribution in [0.5, 0.6) is 0 Å². The van der Waals surface area contributed by atoms with Gasteiger partial charge in [-0.3, -0.25) is 9.89 Å². The number of aryl methyl sites for hydroxylation is 1. The first-order valence-corrected chi connectivity index (χ1v) is 5.96. The normalized spacial score (nSPS) is 12.4. The molecular formula is C9H15N3O3S. The van der Waals surface area contributed by atoms with Crippen LogP contribution in [-0.2, 0) is 9.53 Å². The lowest BCUT2D eigenvalue weighted by molar-refractivity contribution is -0.144. The highest BCUT2D eigenvalue weighted by molar-refractivity contribution is 7.99. The molecule has 0 aliphatic rings. The number of thioether (sulfide) groups is 1. The average molecular weight is 245 g/mol. The molecular weight excluding hydrogens is 230 g/mol. The Hall–Kier alpha value is -1.08. The van der Waals surface area contributed by atoms with Crippen LogP contribution in [0.4, 0.5) is 0 Å². The lowest BCUT2D eigenvalue weighted by atomic mass is 10.3. The van der Waals surface area contributed by atoms with Gasteiger partial charge in [0.15, 0.2) is 0 Å². The number of aromatic nitrogens is 3. The van der Waals surface area contributed by atoms with Crippen molar-refractivity contribution in [1.29, 1.82) is 0 Å². The average Bonchev–Trinajstić information content (AvgIpc) is 2.61. The zero-order valence-corrected chi connectivity index (χ0v) is 10.1. The number of hydrogen-bond donors (Lipinski definition) is 2. The molecule has 1 atom stereocenters. The summed E-state index contributed by atoms with van der Waals surface area (Å²) >= 11 is 1.30. The second kappa shape index (κ2) is 6.49. The lowest BCUT2D eigenvalue weighted by Gasteiger charge is -2.07. The van der Waals surface area contributed by atoms with Crippen molar-refractivity contribution in [3.8, 4) is 0 Å². The molecule has 0 radical (unpaired) electrons. The van der Waals surface area contributed by atoms with E-state index in [4.69, 9.17) is 4.74 Å². The molecule has 0 saturated carbocycles. The largest absolute Gasteiger partial charge is 0.466 e. The minimum absolute atomic E-state index is 0.00421. The van der Waals surface area contributed by atoms with Crippen LogP contribution in [0.1, 0.15) is 19.2 Å². The number of esters is 1. The Morgan fingerprint density at radius 1 is 1.69 bits per heavy atom. The van der Waals surface area contributed by atoms with Gasteiger partial charge in [0.1, 0.15) is 5.82 Å². The lowest BCUT2D eigenvalue weighted by Crippen LogP contribution is -2.17. The van der Waals surface area contributed by atoms with E-state index >= 15 is 0 Å². The third-order valence-electron chi connectivity index (χ3n) is 1.69. The Balaban J connectivity index is 2.24. The maximum absolute atomic E-state index is 11.0. The molecule has 6 nitrogen and oxygen atoms in total. The van der Waals surface area contributed by atoms with E-state index < -0.39 is 6.10 Å². The number of nitrogens with zero attached hydrogens (tertiary/aromatic N) is 2. The van der Waals surface area contributed by atoms with Crippen molar-refractivity contribution in [3.05, 3.63) is 5.82 Å². The van der Waals surface area contributed by atoms with Gasteiger partial charge in [0.05, 0.1) is 19.1 Å². The van der Waals surface area contributed by atoms with Gasteiger partial charge in [0.2, 0.25) is 5.16 Å². The molecule has 7 heteroatoms. The molecule has 0 aliphatic carbocycles. The number of carbonyl (C=O) groups excluding carboxylic acids is 1. The Morgan fingerprint density at radius 3 is 3.00 bits per heavy atom. The van der Waals surface area contributed by atoms with Gasteiger partial charge < -0.3 is 9.84 Å². The third-order valence-corrected chi connectivity index (χ3v) is 2.68. The van der Waals surface area contributed by atoms with Crippen LogP contribution in [0.25, 0.3) is 0 Å². The molecule has 1 unspecified atom stereocenters. The van der Waals surface area contributed by atoms with Crippen LogP contribution in [0, 0.1) is 6.92 Å². The van der Waals surface area contributed by atoms with Crippen LogP contribution in [0.3, 0.4) is 0 Å². The van der Waals surface area contributed by atoms with Gasteiger partial charge in [-0.25, -0.2) is 4.98 Å². The summed E-state index contributed by atoms with van der Waals surface area (Å²) < 4.78 is 4.72. The maximum atomic E-state index is 11.0. The number of rotatable bonds is 6. The molecule has 0 bridgehead atoms. The number of hydrogen-bond acceptors (Lipinski definition) is 6. The van der Waals surface area contributed by atoms with Crippen LogP contribution in [0.15, 0.2) is 5.16 Å². The van der Waals surface area contributed by atoms with E-state index in [1.807, 2.05) is 0 Å². The minimum atomic E-state index is -0.733. The quantitative estimate of drug-likeness (QED) is 0.561. The molecule has 0 aromatic carbocycles. The van der Waals surface area contributed by atoms with E-state index in [1.54, 1.807) is 13.8 Å². The van der Waals surface area contributed by atoms with Gasteiger partial charge in [-0.1, -0.05) is 11.8 Å². The number of aromatic amines is 1. The molecule has 1 aromatic rings. The molecule has 0 saturated heterocycles. The number of aliphatic hydroxyl groups excluding tert-OH is 1. The first kappa shape index (κ1) is 13.0. The number of H-pyrrole nitrogens is 1. The molecule has 0 fully saturated rings. The minimum Gasteiger partial charge on any atom is -0.466 e. The third kappa shape index (κ3) is 4.63. The first-order valence-electron chi connectivity index (χ1n) is 4.97. The van der Waals surface area contributed by atoms with E-state index in [0.29, 0.717) is 17.5 Å². The van der Waals surface area contributed by atoms with E-state index in [0.717, 1.165) is 5.82 Å². The van der Waals surface area contributed by atoms with E-state index in [9.17, 15) is 9.90 Å². The van der Waals surface area contributed by atoms with Gasteiger partial charge in [0.25, 0.3) is 0 Å². The van der Waals surface area contributed by atoms with Crippen LogP contribution >= 0.6 is 11.8 Å². The molecule has 1 aromatic heterocycles. The zero-order valence-electron chi connectivity index (χ0n) is 9.27. The summed E-state index contributed by atoms with van der Waals surface area (Å²) in [6.07, 6.45) is -0.729. The van der Waals surface area contributed by atoms with E-state index in [2.05, 4.69) is 15.2 Å². The summed E-state index contributed by atoms with van der Waals surface area (Å²) in [5.41, 5.74) is 0. The van der Waals surface area contributed by atoms with Crippen LogP contribution < -0.4 is 0 Å². The van der Waals surface area contributed by atoms with Crippen molar-refractivity contribution >= 4 is 17.7 Å². The van der Waals surface area contributed by atoms with Gasteiger partial charge in [0, 0.05) is 5.75 Å². The summed E-state index contributed by atoms with van der Waals surface area (Å²) in [6.45, 7) is 3.86. The van der Waals surface area contributed by atoms with E-state index in [1.165, 1.54) is 11.8 Å². The van der Waals surface area contributed by atoms with Gasteiger partial charge in [-0.15, -0.1) is 5.10 Å². The first-order chi connectivity index (χ1) is 7.61. The highest BCUT2D eigenvalue weighted by Gasteiger charge is 2.13. The smallest absolute Gasteiger partial charge is 0.308 e. The van der Waals surface area contributed by atoms with Crippen LogP contribution in [0.2, 0.25) is 0 Å². The van der Waals surface area contributed by atoms with Crippen molar-refractivity contribution in [2.45, 2.75) is 31.5 Å². The topological polar surface area (TPSA) is 88.1 Å². The maximum Gasteiger partial charge on any atom is 0.308 e. The summed E-state index contributed by atoms with van der Waals surface area (Å²) in [7, 11) is 0. The molecule has 2 N–H and O–H groups in total. The van der Waals surface area contributed by atoms with Crippen molar-refractivity contribution < 1.29 is 14.6 Å². The summed E-state index contributed by atoms with van der Waals surface area (Å²) in [5, 5.41) is 16.7. The van der Waals surface area contributed by atoms with Crippen molar-refractivity contribution in [3.63, 3.8) is 0 Å². The summed E-state index contributed by atoms with van der Waals surface area (Å²) in [6, 6.07) is 0. The molecule has 1 rings (SSSR count). The molecule has 16 heavy (non-hydrogen) atoms. The Morgan fingerprint density at radius 2 is 2.44 bits per heavy atom. The summed E-state index contributed by atoms with van der Waals surface area (Å²) in [4.78, 5) is 15.1. The standard InChI is InChI=1S/C9H15N3O3S/c1-3-15-8(14)4-7(13)5-16-9-10-6(2)11-12-9/h7,13H,3-5H2,1-2H3,(H,10,11,12). The second-order valence-corrected chi connectivity index (χ2v) is 4.16. The van der Waals surface area contributed by atoms with Crippen molar-refractivity contribution in [2.24, 2.45) is 0 Å². The zero-order chi connectivity index (χ0) is 12.0. The Kier molecular flexibility index (Phi) is 5.27. The monoisotopic (exact) mass is 245 g/mol. The highest BCUT2D eigenvalue weighted by atomic mass is 32.2. The highest BCUT2D eigenvalue weighted by Crippen LogP contribution is 2.14.